The van der Waals surface area contributed by atoms with Crippen LogP contribution in [-0.4, -0.2) is 37.6 Å². The molecule has 0 saturated carbocycles. The predicted octanol–water partition coefficient (Wildman–Crippen LogP) is 2.71. The van der Waals surface area contributed by atoms with Crippen LogP contribution in [0.25, 0.3) is 0 Å². The number of hydrogen-bond donors (Lipinski definition) is 0. The average Bonchev–Trinajstić information content (AvgIpc) is 3.15. The lowest BCUT2D eigenvalue weighted by Gasteiger charge is -2.31. The third-order valence-electron chi connectivity index (χ3n) is 4.43. The van der Waals surface area contributed by atoms with E-state index in [2.05, 4.69) is 0 Å². The molecule has 1 fully saturated rings. The summed E-state index contributed by atoms with van der Waals surface area (Å²) < 4.78 is 35.5. The van der Waals surface area contributed by atoms with Crippen molar-refractivity contribution in [3.63, 3.8) is 0 Å². The Morgan fingerprint density at radius 3 is 2.54 bits per heavy atom. The molecule has 0 aliphatic carbocycles. The van der Waals surface area contributed by atoms with Gasteiger partial charge < -0.3 is 13.7 Å². The van der Waals surface area contributed by atoms with E-state index in [9.17, 15) is 13.2 Å². The molecule has 130 valence electrons. The highest BCUT2D eigenvalue weighted by Gasteiger charge is 2.33. The first kappa shape index (κ1) is 16.8. The molecule has 2 aromatic rings. The quantitative estimate of drug-likeness (QED) is 0.846. The Morgan fingerprint density at radius 1 is 1.29 bits per heavy atom. The molecule has 7 heteroatoms. The molecule has 3 heterocycles. The molecular formula is C17H21NO5S. The second-order valence-electron chi connectivity index (χ2n) is 6.21. The molecule has 24 heavy (non-hydrogen) atoms. The molecule has 6 nitrogen and oxygen atoms in total. The maximum atomic E-state index is 12.5. The summed E-state index contributed by atoms with van der Waals surface area (Å²) in [6.07, 6.45) is 2.37. The third-order valence-corrected chi connectivity index (χ3v) is 6.61. The first-order chi connectivity index (χ1) is 11.4. The Morgan fingerprint density at radius 2 is 2.00 bits per heavy atom. The zero-order valence-electron chi connectivity index (χ0n) is 13.8. The van der Waals surface area contributed by atoms with E-state index in [1.807, 2.05) is 0 Å². The Hall–Kier alpha value is -2.02. The lowest BCUT2D eigenvalue weighted by atomic mass is 10.1. The SMILES string of the molecule is Cc1cc(C(=O)N2CCC(S(=O)(=O)Cc3ccco3)CC2)c(C)o1. The van der Waals surface area contributed by atoms with Gasteiger partial charge in [-0.1, -0.05) is 0 Å². The third kappa shape index (κ3) is 3.40. The topological polar surface area (TPSA) is 80.7 Å². The van der Waals surface area contributed by atoms with Gasteiger partial charge in [0.05, 0.1) is 17.1 Å². The summed E-state index contributed by atoms with van der Waals surface area (Å²) in [7, 11) is -3.27. The summed E-state index contributed by atoms with van der Waals surface area (Å²) in [5.41, 5.74) is 0.560. The summed E-state index contributed by atoms with van der Waals surface area (Å²) in [5.74, 6) is 1.58. The fourth-order valence-corrected chi connectivity index (χ4v) is 4.87. The number of amides is 1. The van der Waals surface area contributed by atoms with Gasteiger partial charge >= 0.3 is 0 Å². The van der Waals surface area contributed by atoms with Crippen LogP contribution in [0.1, 0.15) is 40.5 Å². The van der Waals surface area contributed by atoms with Gasteiger partial charge in [-0.25, -0.2) is 8.42 Å². The van der Waals surface area contributed by atoms with Crippen LogP contribution in [0.3, 0.4) is 0 Å². The van der Waals surface area contributed by atoms with E-state index in [0.29, 0.717) is 48.8 Å². The molecule has 0 spiro atoms. The van der Waals surface area contributed by atoms with E-state index >= 15 is 0 Å². The molecule has 0 atom stereocenters. The van der Waals surface area contributed by atoms with Crippen molar-refractivity contribution >= 4 is 15.7 Å². The highest BCUT2D eigenvalue weighted by molar-refractivity contribution is 7.91. The van der Waals surface area contributed by atoms with Gasteiger partial charge in [-0.15, -0.1) is 0 Å². The number of sulfone groups is 1. The fourth-order valence-electron chi connectivity index (χ4n) is 3.14. The minimum absolute atomic E-state index is 0.0847. The van der Waals surface area contributed by atoms with Crippen molar-refractivity contribution in [1.82, 2.24) is 4.90 Å². The van der Waals surface area contributed by atoms with Crippen LogP contribution in [0.5, 0.6) is 0 Å². The van der Waals surface area contributed by atoms with Gasteiger partial charge in [-0.3, -0.25) is 4.79 Å². The van der Waals surface area contributed by atoms with Crippen LogP contribution in [0, 0.1) is 13.8 Å². The fraction of sp³-hybridized carbons (Fsp3) is 0.471. The van der Waals surface area contributed by atoms with E-state index in [1.54, 1.807) is 36.9 Å². The van der Waals surface area contributed by atoms with Gasteiger partial charge in [-0.05, 0) is 44.9 Å². The first-order valence-electron chi connectivity index (χ1n) is 7.97. The summed E-state index contributed by atoms with van der Waals surface area (Å²) in [6, 6.07) is 5.08. The number of carbonyl (C=O) groups excluding carboxylic acids is 1. The van der Waals surface area contributed by atoms with Gasteiger partial charge in [-0.2, -0.15) is 0 Å². The number of rotatable bonds is 4. The number of furan rings is 2. The number of nitrogens with zero attached hydrogens (tertiary/aromatic N) is 1. The Bertz CT molecular complexity index is 811. The molecule has 0 bridgehead atoms. The van der Waals surface area contributed by atoms with Gasteiger partial charge in [0.15, 0.2) is 9.84 Å². The van der Waals surface area contributed by atoms with Crippen LogP contribution in [0.4, 0.5) is 0 Å². The van der Waals surface area contributed by atoms with E-state index < -0.39 is 15.1 Å². The lowest BCUT2D eigenvalue weighted by Crippen LogP contribution is -2.42. The minimum atomic E-state index is -3.27. The van der Waals surface area contributed by atoms with Crippen molar-refractivity contribution in [2.24, 2.45) is 0 Å². The average molecular weight is 351 g/mol. The largest absolute Gasteiger partial charge is 0.468 e. The zero-order chi connectivity index (χ0) is 17.3. The van der Waals surface area contributed by atoms with Crippen LogP contribution in [0.2, 0.25) is 0 Å². The van der Waals surface area contributed by atoms with Crippen molar-refractivity contribution in [2.45, 2.75) is 37.7 Å². The summed E-state index contributed by atoms with van der Waals surface area (Å²) in [5, 5.41) is -0.432. The second-order valence-corrected chi connectivity index (χ2v) is 8.49. The predicted molar refractivity (Wildman–Crippen MR) is 88.4 cm³/mol. The zero-order valence-corrected chi connectivity index (χ0v) is 14.6. The van der Waals surface area contributed by atoms with Crippen molar-refractivity contribution in [3.8, 4) is 0 Å². The molecule has 1 amide bonds. The number of aryl methyl sites for hydroxylation is 2. The van der Waals surface area contributed by atoms with Gasteiger partial charge in [0.2, 0.25) is 0 Å². The number of hydrogen-bond acceptors (Lipinski definition) is 5. The number of piperidine rings is 1. The molecule has 2 aromatic heterocycles. The molecule has 1 aliphatic heterocycles. The molecular weight excluding hydrogens is 330 g/mol. The molecule has 0 aromatic carbocycles. The van der Waals surface area contributed by atoms with Gasteiger partial charge in [0, 0.05) is 13.1 Å². The van der Waals surface area contributed by atoms with Crippen LogP contribution in [-0.2, 0) is 15.6 Å². The van der Waals surface area contributed by atoms with Crippen LogP contribution >= 0.6 is 0 Å². The Labute approximate surface area is 141 Å². The first-order valence-corrected chi connectivity index (χ1v) is 9.68. The maximum Gasteiger partial charge on any atom is 0.257 e. The van der Waals surface area contributed by atoms with Gasteiger partial charge in [0.25, 0.3) is 5.91 Å². The highest BCUT2D eigenvalue weighted by atomic mass is 32.2. The molecule has 0 N–H and O–H groups in total. The standard InChI is InChI=1S/C17H21NO5S/c1-12-10-16(13(2)23-12)17(19)18-7-5-15(6-8-18)24(20,21)11-14-4-3-9-22-14/h3-4,9-10,15H,5-8,11H2,1-2H3. The number of likely N-dealkylation sites (tertiary alicyclic amines) is 1. The molecule has 0 radical (unpaired) electrons. The molecule has 3 rings (SSSR count). The minimum Gasteiger partial charge on any atom is -0.468 e. The summed E-state index contributed by atoms with van der Waals surface area (Å²) in [4.78, 5) is 14.3. The van der Waals surface area contributed by atoms with Gasteiger partial charge in [0.1, 0.15) is 23.0 Å². The van der Waals surface area contributed by atoms with E-state index in [4.69, 9.17) is 8.83 Å². The Kier molecular flexibility index (Phi) is 4.54. The lowest BCUT2D eigenvalue weighted by molar-refractivity contribution is 0.0724. The van der Waals surface area contributed by atoms with Crippen molar-refractivity contribution in [1.29, 1.82) is 0 Å². The van der Waals surface area contributed by atoms with Crippen molar-refractivity contribution in [2.75, 3.05) is 13.1 Å². The maximum absolute atomic E-state index is 12.5. The number of carbonyl (C=O) groups is 1. The highest BCUT2D eigenvalue weighted by Crippen LogP contribution is 2.24. The van der Waals surface area contributed by atoms with Crippen molar-refractivity contribution < 1.29 is 22.0 Å². The molecule has 1 saturated heterocycles. The smallest absolute Gasteiger partial charge is 0.257 e. The molecule has 0 unspecified atom stereocenters. The normalized spacial score (nSPS) is 16.5. The summed E-state index contributed by atoms with van der Waals surface area (Å²) >= 11 is 0. The van der Waals surface area contributed by atoms with Crippen LogP contribution in [0.15, 0.2) is 33.3 Å². The summed E-state index contributed by atoms with van der Waals surface area (Å²) in [6.45, 7) is 4.44. The van der Waals surface area contributed by atoms with E-state index in [-0.39, 0.29) is 11.7 Å². The Balaban J connectivity index is 1.63. The van der Waals surface area contributed by atoms with Crippen molar-refractivity contribution in [3.05, 3.63) is 47.3 Å². The van der Waals surface area contributed by atoms with Crippen LogP contribution < -0.4 is 0 Å². The second kappa shape index (κ2) is 6.47. The molecule has 1 aliphatic rings. The monoisotopic (exact) mass is 351 g/mol. The van der Waals surface area contributed by atoms with E-state index in [1.165, 1.54) is 6.26 Å². The van der Waals surface area contributed by atoms with E-state index in [0.717, 1.165) is 0 Å².